The van der Waals surface area contributed by atoms with Crippen LogP contribution in [0.3, 0.4) is 0 Å². The number of halogens is 3. The normalized spacial score (nSPS) is 13.9. The van der Waals surface area contributed by atoms with Gasteiger partial charge in [-0.05, 0) is 73.8 Å². The summed E-state index contributed by atoms with van der Waals surface area (Å²) in [4.78, 5) is 23.8. The quantitative estimate of drug-likeness (QED) is 0.487. The number of amides is 1. The van der Waals surface area contributed by atoms with Crippen LogP contribution in [0.15, 0.2) is 42.5 Å². The lowest BCUT2D eigenvalue weighted by Gasteiger charge is -2.49. The molecule has 0 bridgehead atoms. The first-order chi connectivity index (χ1) is 16.1. The molecular weight excluding hydrogens is 465 g/mol. The average molecular weight is 491 g/mol. The number of alkyl halides is 3. The lowest BCUT2D eigenvalue weighted by molar-refractivity contribution is -0.137. The van der Waals surface area contributed by atoms with Crippen molar-refractivity contribution in [2.45, 2.75) is 44.3 Å². The highest BCUT2D eigenvalue weighted by Crippen LogP contribution is 2.41. The van der Waals surface area contributed by atoms with Crippen molar-refractivity contribution >= 4 is 41.4 Å². The number of benzene rings is 2. The molecule has 1 aliphatic rings. The van der Waals surface area contributed by atoms with Crippen molar-refractivity contribution in [1.82, 2.24) is 0 Å². The smallest absolute Gasteiger partial charge is 0.372 e. The van der Waals surface area contributed by atoms with E-state index < -0.39 is 22.8 Å². The van der Waals surface area contributed by atoms with Crippen molar-refractivity contribution < 1.29 is 22.8 Å². The molecule has 6 nitrogen and oxygen atoms in total. The molecule has 3 rings (SSSR count). The number of hydrogen-bond donors (Lipinski definition) is 1. The Morgan fingerprint density at radius 2 is 1.74 bits per heavy atom. The fourth-order valence-corrected chi connectivity index (χ4v) is 4.10. The minimum atomic E-state index is -4.67. The third-order valence-electron chi connectivity index (χ3n) is 5.78. The van der Waals surface area contributed by atoms with Gasteiger partial charge in [-0.2, -0.15) is 18.4 Å². The van der Waals surface area contributed by atoms with Gasteiger partial charge >= 0.3 is 6.18 Å². The highest BCUT2D eigenvalue weighted by molar-refractivity contribution is 7.80. The number of nitrogens with zero attached hydrogens (tertiary/aromatic N) is 3. The summed E-state index contributed by atoms with van der Waals surface area (Å²) in [6.45, 7) is 2.03. The van der Waals surface area contributed by atoms with Gasteiger partial charge in [0.1, 0.15) is 11.8 Å². The molecule has 0 aliphatic heterocycles. The lowest BCUT2D eigenvalue weighted by Crippen LogP contribution is -2.60. The molecule has 1 fully saturated rings. The van der Waals surface area contributed by atoms with Gasteiger partial charge in [-0.15, -0.1) is 0 Å². The van der Waals surface area contributed by atoms with Crippen molar-refractivity contribution in [3.05, 3.63) is 59.2 Å². The van der Waals surface area contributed by atoms with E-state index in [2.05, 4.69) is 5.73 Å². The number of aldehydes is 1. The number of hydrogen-bond acceptors (Lipinski definition) is 4. The second-order valence-corrected chi connectivity index (χ2v) is 8.11. The van der Waals surface area contributed by atoms with Crippen LogP contribution in [0.1, 0.15) is 42.9 Å². The largest absolute Gasteiger partial charge is 0.417 e. The van der Waals surface area contributed by atoms with Gasteiger partial charge in [0.2, 0.25) is 6.41 Å². The maximum Gasteiger partial charge on any atom is 0.417 e. The molecule has 2 aromatic carbocycles. The zero-order valence-corrected chi connectivity index (χ0v) is 19.6. The molecule has 2 N–H and O–H groups in total. The second-order valence-electron chi connectivity index (χ2n) is 7.75. The van der Waals surface area contributed by atoms with Crippen molar-refractivity contribution in [2.75, 3.05) is 16.8 Å². The zero-order valence-electron chi connectivity index (χ0n) is 18.8. The number of primary amides is 1. The molecule has 10 heteroatoms. The molecule has 0 atom stereocenters. The average Bonchev–Trinajstić information content (AvgIpc) is 2.80. The van der Waals surface area contributed by atoms with E-state index in [0.29, 0.717) is 18.5 Å². The van der Waals surface area contributed by atoms with E-state index in [4.69, 9.17) is 22.3 Å². The van der Waals surface area contributed by atoms with Crippen LogP contribution in [0.2, 0.25) is 0 Å². The fraction of sp³-hybridized carbons (Fsp3) is 0.333. The number of aryl methyl sites for hydroxylation is 1. The first-order valence-electron chi connectivity index (χ1n) is 10.5. The SMILES string of the molecule is CCc1ccc(N(C(=S)N(C)c2ccc(C#N)c(C(F)(F)F)c2)C2(C=O)CCC2)cc1.NC=O. The minimum absolute atomic E-state index is 0.187. The number of carbonyl (C=O) groups is 2. The lowest BCUT2D eigenvalue weighted by atomic mass is 9.76. The van der Waals surface area contributed by atoms with Crippen LogP contribution in [0.5, 0.6) is 0 Å². The van der Waals surface area contributed by atoms with E-state index in [1.54, 1.807) is 18.0 Å². The van der Waals surface area contributed by atoms with Gasteiger partial charge in [0.25, 0.3) is 0 Å². The Kier molecular flexibility index (Phi) is 8.76. The van der Waals surface area contributed by atoms with Crippen LogP contribution in [0, 0.1) is 11.3 Å². The van der Waals surface area contributed by atoms with Crippen molar-refractivity contribution in [3.8, 4) is 6.07 Å². The third kappa shape index (κ3) is 5.54. The molecule has 34 heavy (non-hydrogen) atoms. The Morgan fingerprint density at radius 1 is 1.18 bits per heavy atom. The molecule has 0 spiro atoms. The molecule has 0 aromatic heterocycles. The van der Waals surface area contributed by atoms with Gasteiger partial charge in [0, 0.05) is 18.4 Å². The highest BCUT2D eigenvalue weighted by Gasteiger charge is 2.45. The summed E-state index contributed by atoms with van der Waals surface area (Å²) in [6, 6.07) is 12.7. The summed E-state index contributed by atoms with van der Waals surface area (Å²) in [5, 5.41) is 9.26. The van der Waals surface area contributed by atoms with Crippen molar-refractivity contribution in [2.24, 2.45) is 5.73 Å². The van der Waals surface area contributed by atoms with Gasteiger partial charge < -0.3 is 20.3 Å². The van der Waals surface area contributed by atoms with E-state index in [0.717, 1.165) is 36.8 Å². The second kappa shape index (κ2) is 11.1. The van der Waals surface area contributed by atoms with E-state index in [1.807, 2.05) is 31.2 Å². The van der Waals surface area contributed by atoms with Gasteiger partial charge in [0.05, 0.1) is 17.2 Å². The van der Waals surface area contributed by atoms with Crippen LogP contribution in [-0.2, 0) is 22.2 Å². The molecular formula is C24H25F3N4O2S. The van der Waals surface area contributed by atoms with E-state index in [9.17, 15) is 18.0 Å². The summed E-state index contributed by atoms with van der Waals surface area (Å²) in [5.41, 5.74) is 3.90. The molecule has 0 saturated heterocycles. The summed E-state index contributed by atoms with van der Waals surface area (Å²) < 4.78 is 40.3. The number of carbonyl (C=O) groups excluding carboxylic acids is 2. The van der Waals surface area contributed by atoms with Crippen molar-refractivity contribution in [1.29, 1.82) is 5.26 Å². The number of nitriles is 1. The van der Waals surface area contributed by atoms with Gasteiger partial charge in [0.15, 0.2) is 5.11 Å². The Labute approximate surface area is 201 Å². The van der Waals surface area contributed by atoms with Crippen LogP contribution >= 0.6 is 12.2 Å². The molecule has 0 unspecified atom stereocenters. The first kappa shape index (κ1) is 26.8. The van der Waals surface area contributed by atoms with Crippen molar-refractivity contribution in [3.63, 3.8) is 0 Å². The molecule has 1 saturated carbocycles. The Balaban J connectivity index is 0.00000129. The van der Waals surface area contributed by atoms with Gasteiger partial charge in [-0.25, -0.2) is 0 Å². The maximum atomic E-state index is 13.4. The van der Waals surface area contributed by atoms with E-state index in [-0.39, 0.29) is 17.2 Å². The van der Waals surface area contributed by atoms with Crippen LogP contribution in [0.4, 0.5) is 24.5 Å². The molecule has 1 aliphatic carbocycles. The topological polar surface area (TPSA) is 90.4 Å². The minimum Gasteiger partial charge on any atom is -0.372 e. The molecule has 1 amide bonds. The Bertz CT molecular complexity index is 1080. The predicted octanol–water partition coefficient (Wildman–Crippen LogP) is 4.59. The Hall–Kier alpha value is -3.45. The number of rotatable bonds is 5. The van der Waals surface area contributed by atoms with Crippen LogP contribution < -0.4 is 15.5 Å². The summed E-state index contributed by atoms with van der Waals surface area (Å²) in [7, 11) is 1.56. The van der Waals surface area contributed by atoms with Gasteiger partial charge in [-0.3, -0.25) is 4.79 Å². The van der Waals surface area contributed by atoms with Crippen LogP contribution in [0.25, 0.3) is 0 Å². The van der Waals surface area contributed by atoms with E-state index >= 15 is 0 Å². The standard InChI is InChI=1S/C23H22F3N3OS.CH3NO/c1-3-16-5-8-18(9-6-16)29(22(15-30)11-4-12-22)21(31)28(2)19-10-7-17(14-27)20(13-19)23(24,25)26;2-1-3/h5-10,13,15H,3-4,11-12H2,1-2H3;1H,(H2,2,3). The summed E-state index contributed by atoms with van der Waals surface area (Å²) in [5.74, 6) is 0. The fourth-order valence-electron chi connectivity index (χ4n) is 3.71. The molecule has 2 aromatic rings. The number of thiocarbonyl (C=S) groups is 1. The monoisotopic (exact) mass is 490 g/mol. The third-order valence-corrected chi connectivity index (χ3v) is 6.24. The first-order valence-corrected chi connectivity index (χ1v) is 10.9. The molecule has 0 radical (unpaired) electrons. The Morgan fingerprint density at radius 3 is 2.15 bits per heavy atom. The highest BCUT2D eigenvalue weighted by atomic mass is 32.1. The number of anilines is 2. The van der Waals surface area contributed by atoms with Gasteiger partial charge in [-0.1, -0.05) is 19.1 Å². The summed E-state index contributed by atoms with van der Waals surface area (Å²) in [6.07, 6.45) is -0.595. The predicted molar refractivity (Wildman–Crippen MR) is 128 cm³/mol. The maximum absolute atomic E-state index is 13.4. The zero-order chi connectivity index (χ0) is 25.5. The van der Waals surface area contributed by atoms with E-state index in [1.165, 1.54) is 11.0 Å². The molecule has 180 valence electrons. The summed E-state index contributed by atoms with van der Waals surface area (Å²) >= 11 is 5.68. The van der Waals surface area contributed by atoms with Crippen LogP contribution in [-0.4, -0.2) is 30.4 Å². The number of nitrogens with two attached hydrogens (primary N) is 1. The molecule has 0 heterocycles.